The number of fused-ring (bicyclic) bond motifs is 2. The third-order valence-corrected chi connectivity index (χ3v) is 5.50. The van der Waals surface area contributed by atoms with Gasteiger partial charge in [0.2, 0.25) is 0 Å². The predicted molar refractivity (Wildman–Crippen MR) is 88.6 cm³/mol. The molecule has 1 amide bonds. The second-order valence-electron chi connectivity index (χ2n) is 6.34. The van der Waals surface area contributed by atoms with Crippen molar-refractivity contribution in [2.45, 2.75) is 57.7 Å². The van der Waals surface area contributed by atoms with Gasteiger partial charge in [-0.15, -0.1) is 0 Å². The number of halogens is 1. The highest BCUT2D eigenvalue weighted by Gasteiger charge is 2.37. The van der Waals surface area contributed by atoms with E-state index in [9.17, 15) is 4.79 Å². The lowest BCUT2D eigenvalue weighted by Crippen LogP contribution is -2.50. The first-order valence-corrected chi connectivity index (χ1v) is 8.71. The predicted octanol–water partition coefficient (Wildman–Crippen LogP) is 3.50. The molecule has 0 spiro atoms. The highest BCUT2D eigenvalue weighted by Crippen LogP contribution is 2.31. The summed E-state index contributed by atoms with van der Waals surface area (Å²) < 4.78 is 0.905. The van der Waals surface area contributed by atoms with Crippen LogP contribution in [0, 0.1) is 6.92 Å². The van der Waals surface area contributed by atoms with Crippen molar-refractivity contribution in [3.63, 3.8) is 0 Å². The molecule has 3 rings (SSSR count). The molecule has 2 atom stereocenters. The zero-order valence-electron chi connectivity index (χ0n) is 12.7. The molecule has 0 aliphatic carbocycles. The summed E-state index contributed by atoms with van der Waals surface area (Å²) in [4.78, 5) is 15.0. The number of hydrogen-bond acceptors (Lipinski definition) is 2. The summed E-state index contributed by atoms with van der Waals surface area (Å²) in [5.41, 5.74) is 1.95. The van der Waals surface area contributed by atoms with Crippen LogP contribution in [0.1, 0.15) is 48.5 Å². The molecule has 1 N–H and O–H groups in total. The normalized spacial score (nSPS) is 27.7. The Kier molecular flexibility index (Phi) is 4.36. The first kappa shape index (κ1) is 15.0. The van der Waals surface area contributed by atoms with Crippen LogP contribution in [-0.2, 0) is 0 Å². The molecule has 0 saturated carbocycles. The lowest BCUT2D eigenvalue weighted by atomic mass is 9.97. The second kappa shape index (κ2) is 6.09. The average molecular weight is 351 g/mol. The Labute approximate surface area is 135 Å². The van der Waals surface area contributed by atoms with Crippen LogP contribution >= 0.6 is 15.9 Å². The van der Waals surface area contributed by atoms with Gasteiger partial charge in [0.15, 0.2) is 0 Å². The fourth-order valence-corrected chi connectivity index (χ4v) is 4.46. The number of hydrogen-bond donors (Lipinski definition) is 1. The molecule has 114 valence electrons. The van der Waals surface area contributed by atoms with Gasteiger partial charge in [0.25, 0.3) is 5.91 Å². The summed E-state index contributed by atoms with van der Waals surface area (Å²) >= 11 is 3.55. The van der Waals surface area contributed by atoms with E-state index in [1.54, 1.807) is 0 Å². The number of amides is 1. The molecular formula is C17H23BrN2O. The van der Waals surface area contributed by atoms with E-state index in [1.165, 1.54) is 18.4 Å². The number of piperidine rings is 1. The van der Waals surface area contributed by atoms with Crippen LogP contribution in [0.3, 0.4) is 0 Å². The molecular weight excluding hydrogens is 328 g/mol. The van der Waals surface area contributed by atoms with E-state index in [1.807, 2.05) is 25.1 Å². The lowest BCUT2D eigenvalue weighted by molar-refractivity contribution is 0.0630. The van der Waals surface area contributed by atoms with Crippen LogP contribution in [0.15, 0.2) is 22.7 Å². The quantitative estimate of drug-likeness (QED) is 0.904. The Morgan fingerprint density at radius 2 is 2.00 bits per heavy atom. The first-order valence-electron chi connectivity index (χ1n) is 7.91. The number of carbonyl (C=O) groups excluding carboxylic acids is 1. The molecule has 2 saturated heterocycles. The van der Waals surface area contributed by atoms with E-state index in [0.717, 1.165) is 29.4 Å². The van der Waals surface area contributed by atoms with Gasteiger partial charge in [-0.2, -0.15) is 0 Å². The highest BCUT2D eigenvalue weighted by molar-refractivity contribution is 9.10. The molecule has 3 nitrogen and oxygen atoms in total. The van der Waals surface area contributed by atoms with Gasteiger partial charge in [0.1, 0.15) is 0 Å². The molecule has 0 radical (unpaired) electrons. The molecule has 4 heteroatoms. The van der Waals surface area contributed by atoms with Gasteiger partial charge in [-0.25, -0.2) is 0 Å². The van der Waals surface area contributed by atoms with E-state index in [2.05, 4.69) is 33.1 Å². The van der Waals surface area contributed by atoms with Gasteiger partial charge in [0.05, 0.1) is 5.56 Å². The molecule has 2 unspecified atom stereocenters. The van der Waals surface area contributed by atoms with E-state index in [-0.39, 0.29) is 5.91 Å². The molecule has 2 aliphatic rings. The molecule has 0 aromatic heterocycles. The number of benzene rings is 1. The fraction of sp³-hybridized carbons (Fsp3) is 0.588. The molecule has 2 heterocycles. The van der Waals surface area contributed by atoms with Crippen molar-refractivity contribution in [1.82, 2.24) is 10.2 Å². The second-order valence-corrected chi connectivity index (χ2v) is 7.19. The fourth-order valence-electron chi connectivity index (χ4n) is 3.80. The van der Waals surface area contributed by atoms with Crippen LogP contribution in [0.4, 0.5) is 0 Å². The average Bonchev–Trinajstić information content (AvgIpc) is 2.78. The molecule has 2 fully saturated rings. The maximum Gasteiger partial charge on any atom is 0.255 e. The van der Waals surface area contributed by atoms with Crippen molar-refractivity contribution >= 4 is 21.8 Å². The molecule has 2 bridgehead atoms. The summed E-state index contributed by atoms with van der Waals surface area (Å²) in [5.74, 6) is 0.163. The monoisotopic (exact) mass is 350 g/mol. The molecule has 2 aliphatic heterocycles. The smallest absolute Gasteiger partial charge is 0.255 e. The third kappa shape index (κ3) is 3.02. The van der Waals surface area contributed by atoms with E-state index in [0.29, 0.717) is 18.1 Å². The third-order valence-electron chi connectivity index (χ3n) is 4.85. The van der Waals surface area contributed by atoms with Gasteiger partial charge in [-0.1, -0.05) is 6.07 Å². The highest BCUT2D eigenvalue weighted by atomic mass is 79.9. The van der Waals surface area contributed by atoms with Crippen molar-refractivity contribution in [2.24, 2.45) is 0 Å². The number of aryl methyl sites for hydroxylation is 1. The Bertz CT molecular complexity index is 534. The summed E-state index contributed by atoms with van der Waals surface area (Å²) in [6, 6.07) is 7.58. The Hall–Kier alpha value is -0.870. The Morgan fingerprint density at radius 1 is 1.33 bits per heavy atom. The van der Waals surface area contributed by atoms with Crippen molar-refractivity contribution in [3.8, 4) is 0 Å². The standard InChI is InChI=1S/C17H23BrN2O/c1-3-20(14-9-12-5-6-13(10-14)19-12)17(21)15-7-4-11(2)8-16(15)18/h4,7-8,12-14,19H,3,5-6,9-10H2,1-2H3. The topological polar surface area (TPSA) is 32.3 Å². The summed E-state index contributed by atoms with van der Waals surface area (Å²) in [5, 5.41) is 3.65. The van der Waals surface area contributed by atoms with E-state index < -0.39 is 0 Å². The maximum absolute atomic E-state index is 12.9. The molecule has 21 heavy (non-hydrogen) atoms. The summed E-state index contributed by atoms with van der Waals surface area (Å²) in [7, 11) is 0. The van der Waals surface area contributed by atoms with Gasteiger partial charge in [-0.3, -0.25) is 4.79 Å². The Morgan fingerprint density at radius 3 is 2.57 bits per heavy atom. The Balaban J connectivity index is 1.80. The SMILES string of the molecule is CCN(C(=O)c1ccc(C)cc1Br)C1CC2CCC(C1)N2. The number of nitrogens with one attached hydrogen (secondary N) is 1. The van der Waals surface area contributed by atoms with Crippen molar-refractivity contribution in [1.29, 1.82) is 0 Å². The summed E-state index contributed by atoms with van der Waals surface area (Å²) in [6.45, 7) is 4.91. The van der Waals surface area contributed by atoms with Crippen molar-refractivity contribution in [2.75, 3.05) is 6.54 Å². The first-order chi connectivity index (χ1) is 10.1. The van der Waals surface area contributed by atoms with Gasteiger partial charge >= 0.3 is 0 Å². The number of carbonyl (C=O) groups is 1. The molecule has 1 aromatic carbocycles. The van der Waals surface area contributed by atoms with E-state index >= 15 is 0 Å². The van der Waals surface area contributed by atoms with Crippen LogP contribution in [0.5, 0.6) is 0 Å². The van der Waals surface area contributed by atoms with Crippen LogP contribution < -0.4 is 5.32 Å². The number of nitrogens with zero attached hydrogens (tertiary/aromatic N) is 1. The minimum absolute atomic E-state index is 0.163. The van der Waals surface area contributed by atoms with Crippen LogP contribution in [-0.4, -0.2) is 35.5 Å². The zero-order chi connectivity index (χ0) is 15.0. The number of rotatable bonds is 3. The molecule has 1 aromatic rings. The van der Waals surface area contributed by atoms with Gasteiger partial charge in [0, 0.05) is 29.1 Å². The minimum Gasteiger partial charge on any atom is -0.336 e. The van der Waals surface area contributed by atoms with Crippen molar-refractivity contribution < 1.29 is 4.79 Å². The van der Waals surface area contributed by atoms with Crippen molar-refractivity contribution in [3.05, 3.63) is 33.8 Å². The lowest BCUT2D eigenvalue weighted by Gasteiger charge is -2.37. The van der Waals surface area contributed by atoms with E-state index in [4.69, 9.17) is 0 Å². The van der Waals surface area contributed by atoms with Gasteiger partial charge < -0.3 is 10.2 Å². The maximum atomic E-state index is 12.9. The summed E-state index contributed by atoms with van der Waals surface area (Å²) in [6.07, 6.45) is 4.72. The minimum atomic E-state index is 0.163. The van der Waals surface area contributed by atoms with Crippen LogP contribution in [0.25, 0.3) is 0 Å². The van der Waals surface area contributed by atoms with Crippen LogP contribution in [0.2, 0.25) is 0 Å². The van der Waals surface area contributed by atoms with Gasteiger partial charge in [-0.05, 0) is 73.2 Å². The largest absolute Gasteiger partial charge is 0.336 e. The zero-order valence-corrected chi connectivity index (χ0v) is 14.3.